The van der Waals surface area contributed by atoms with E-state index in [0.717, 1.165) is 17.1 Å². The normalized spacial score (nSPS) is 11.6. The number of thiocarbonyl (C=S) groups is 1. The zero-order valence-electron chi connectivity index (χ0n) is 21.5. The van der Waals surface area contributed by atoms with E-state index in [-0.39, 0.29) is 11.6 Å². The number of hydrogen-bond acceptors (Lipinski definition) is 4. The van der Waals surface area contributed by atoms with Crippen molar-refractivity contribution in [2.24, 2.45) is 0 Å². The van der Waals surface area contributed by atoms with Gasteiger partial charge in [-0.1, -0.05) is 30.4 Å². The Labute approximate surface area is 221 Å². The fourth-order valence-corrected chi connectivity index (χ4v) is 4.56. The smallest absolute Gasteiger partial charge is 0.288 e. The average Bonchev–Trinajstić information content (AvgIpc) is 3.18. The minimum absolute atomic E-state index is 0.0290. The van der Waals surface area contributed by atoms with Crippen molar-refractivity contribution in [1.29, 1.82) is 0 Å². The first-order valence-electron chi connectivity index (χ1n) is 11.7. The maximum absolute atomic E-state index is 14.7. The van der Waals surface area contributed by atoms with Gasteiger partial charge in [0.25, 0.3) is 5.70 Å². The molecule has 0 spiro atoms. The van der Waals surface area contributed by atoms with Crippen LogP contribution in [0.15, 0.2) is 79.1 Å². The van der Waals surface area contributed by atoms with Crippen LogP contribution in [-0.2, 0) is 0 Å². The van der Waals surface area contributed by atoms with Crippen LogP contribution in [0, 0.1) is 19.7 Å². The summed E-state index contributed by atoms with van der Waals surface area (Å²) in [5.74, 6) is 0.307. The first-order valence-corrected chi connectivity index (χ1v) is 12.1. The molecular formula is C29H30FN4O2S+. The van der Waals surface area contributed by atoms with E-state index in [1.807, 2.05) is 87.7 Å². The number of ether oxygens (including phenoxy) is 1. The molecule has 4 aromatic rings. The lowest BCUT2D eigenvalue weighted by atomic mass is 10.1. The van der Waals surface area contributed by atoms with E-state index >= 15 is 0 Å². The number of aliphatic hydroxyl groups is 1. The fourth-order valence-electron chi connectivity index (χ4n) is 4.24. The molecule has 0 amide bonds. The van der Waals surface area contributed by atoms with E-state index in [1.54, 1.807) is 34.4 Å². The molecule has 6 nitrogen and oxygen atoms in total. The number of benzene rings is 2. The Morgan fingerprint density at radius 3 is 2.38 bits per heavy atom. The highest BCUT2D eigenvalue weighted by Gasteiger charge is 2.27. The van der Waals surface area contributed by atoms with Crippen molar-refractivity contribution in [3.63, 3.8) is 0 Å². The Bertz CT molecular complexity index is 1480. The summed E-state index contributed by atoms with van der Waals surface area (Å²) >= 11 is 5.81. The monoisotopic (exact) mass is 517 g/mol. The molecule has 0 aliphatic rings. The molecule has 0 atom stereocenters. The van der Waals surface area contributed by atoms with Gasteiger partial charge in [-0.3, -0.25) is 0 Å². The molecule has 0 saturated carbocycles. The topological polar surface area (TPSA) is 53.5 Å². The van der Waals surface area contributed by atoms with E-state index in [2.05, 4.69) is 5.32 Å². The first kappa shape index (κ1) is 25.9. The zero-order valence-corrected chi connectivity index (χ0v) is 22.3. The SMILES string of the molecule is COc1cccc(NC(=S)C(=C(O)c2cc(C)n(-c3ccccc3F)c2C)[n+]2ccc(N(C)C)cc2)c1. The molecule has 2 aromatic heterocycles. The molecular weight excluding hydrogens is 487 g/mol. The van der Waals surface area contributed by atoms with Crippen LogP contribution in [-0.4, -0.2) is 35.9 Å². The summed E-state index contributed by atoms with van der Waals surface area (Å²) in [4.78, 5) is 2.30. The Kier molecular flexibility index (Phi) is 7.59. The van der Waals surface area contributed by atoms with E-state index in [9.17, 15) is 9.50 Å². The summed E-state index contributed by atoms with van der Waals surface area (Å²) in [5, 5.41) is 14.9. The van der Waals surface area contributed by atoms with Crippen LogP contribution in [0.25, 0.3) is 17.1 Å². The van der Waals surface area contributed by atoms with Crippen molar-refractivity contribution < 1.29 is 18.8 Å². The predicted octanol–water partition coefficient (Wildman–Crippen LogP) is 5.92. The van der Waals surface area contributed by atoms with Crippen LogP contribution in [0.5, 0.6) is 5.75 Å². The number of methoxy groups -OCH3 is 1. The Morgan fingerprint density at radius 2 is 1.73 bits per heavy atom. The Hall–Kier alpha value is -4.17. The molecule has 2 N–H and O–H groups in total. The number of para-hydroxylation sites is 1. The number of aliphatic hydroxyl groups excluding tert-OH is 1. The largest absolute Gasteiger partial charge is 0.502 e. The average molecular weight is 518 g/mol. The highest BCUT2D eigenvalue weighted by Crippen LogP contribution is 2.29. The molecule has 0 unspecified atom stereocenters. The Morgan fingerprint density at radius 1 is 1.03 bits per heavy atom. The summed E-state index contributed by atoms with van der Waals surface area (Å²) < 4.78 is 23.5. The number of rotatable bonds is 7. The van der Waals surface area contributed by atoms with Crippen molar-refractivity contribution in [3.8, 4) is 11.4 Å². The molecule has 0 aliphatic carbocycles. The van der Waals surface area contributed by atoms with E-state index in [0.29, 0.717) is 33.4 Å². The number of halogens is 1. The van der Waals surface area contributed by atoms with Gasteiger partial charge in [-0.25, -0.2) is 4.39 Å². The third kappa shape index (κ3) is 5.34. The molecule has 4 rings (SSSR count). The van der Waals surface area contributed by atoms with Gasteiger partial charge in [-0.2, -0.15) is 4.57 Å². The maximum atomic E-state index is 14.7. The number of pyridine rings is 1. The van der Waals surface area contributed by atoms with Gasteiger partial charge in [0.2, 0.25) is 5.76 Å². The van der Waals surface area contributed by atoms with Gasteiger partial charge in [-0.15, -0.1) is 0 Å². The van der Waals surface area contributed by atoms with E-state index in [4.69, 9.17) is 17.0 Å². The summed E-state index contributed by atoms with van der Waals surface area (Å²) in [7, 11) is 5.52. The lowest BCUT2D eigenvalue weighted by molar-refractivity contribution is -0.575. The molecule has 0 aliphatic heterocycles. The number of nitrogens with one attached hydrogen (secondary N) is 1. The third-order valence-corrected chi connectivity index (χ3v) is 6.43. The molecule has 8 heteroatoms. The highest BCUT2D eigenvalue weighted by molar-refractivity contribution is 7.81. The van der Waals surface area contributed by atoms with Gasteiger partial charge >= 0.3 is 0 Å². The first-order chi connectivity index (χ1) is 17.7. The van der Waals surface area contributed by atoms with Crippen LogP contribution in [0.1, 0.15) is 17.0 Å². The second-order valence-electron chi connectivity index (χ2n) is 8.81. The van der Waals surface area contributed by atoms with Crippen molar-refractivity contribution in [2.45, 2.75) is 13.8 Å². The molecule has 190 valence electrons. The van der Waals surface area contributed by atoms with Crippen molar-refractivity contribution in [1.82, 2.24) is 4.57 Å². The van der Waals surface area contributed by atoms with Gasteiger partial charge in [0, 0.05) is 60.6 Å². The summed E-state index contributed by atoms with van der Waals surface area (Å²) in [6.07, 6.45) is 3.69. The van der Waals surface area contributed by atoms with Crippen LogP contribution >= 0.6 is 12.2 Å². The Balaban J connectivity index is 1.86. The summed E-state index contributed by atoms with van der Waals surface area (Å²) in [5.41, 5.74) is 4.54. The van der Waals surface area contributed by atoms with E-state index < -0.39 is 0 Å². The quantitative estimate of drug-likeness (QED) is 0.138. The standard InChI is InChI=1S/C29H29FN4O2S/c1-19-17-24(20(2)34(19)26-12-7-6-11-25(26)30)28(35)27(33-15-13-22(14-16-33)32(3)4)29(37)31-21-9-8-10-23(18-21)36-5/h6-18H,1-5H3,(H-,31,35,37)/p+1. The molecule has 2 aromatic carbocycles. The van der Waals surface area contributed by atoms with Gasteiger partial charge in [0.1, 0.15) is 11.6 Å². The third-order valence-electron chi connectivity index (χ3n) is 6.13. The van der Waals surface area contributed by atoms with Crippen LogP contribution in [0.4, 0.5) is 15.8 Å². The van der Waals surface area contributed by atoms with E-state index in [1.165, 1.54) is 6.07 Å². The van der Waals surface area contributed by atoms with Crippen LogP contribution in [0.3, 0.4) is 0 Å². The molecule has 0 bridgehead atoms. The fraction of sp³-hybridized carbons (Fsp3) is 0.172. The van der Waals surface area contributed by atoms with Crippen molar-refractivity contribution in [3.05, 3.63) is 102 Å². The van der Waals surface area contributed by atoms with Gasteiger partial charge < -0.3 is 24.6 Å². The van der Waals surface area contributed by atoms with Crippen molar-refractivity contribution >= 4 is 40.0 Å². The van der Waals surface area contributed by atoms with Gasteiger partial charge in [-0.05, 0) is 44.2 Å². The second kappa shape index (κ2) is 10.8. The summed E-state index contributed by atoms with van der Waals surface area (Å²) in [6, 6.07) is 19.7. The maximum Gasteiger partial charge on any atom is 0.288 e. The number of aryl methyl sites for hydroxylation is 1. The lowest BCUT2D eigenvalue weighted by Crippen LogP contribution is -2.38. The predicted molar refractivity (Wildman–Crippen MR) is 151 cm³/mol. The zero-order chi connectivity index (χ0) is 26.7. The number of hydrogen-bond donors (Lipinski definition) is 2. The lowest BCUT2D eigenvalue weighted by Gasteiger charge is -2.14. The van der Waals surface area contributed by atoms with Crippen LogP contribution < -0.4 is 19.5 Å². The number of anilines is 2. The minimum atomic E-state index is -0.344. The number of nitrogens with zero attached hydrogens (tertiary/aromatic N) is 3. The summed E-state index contributed by atoms with van der Waals surface area (Å²) in [6.45, 7) is 3.72. The minimum Gasteiger partial charge on any atom is -0.502 e. The number of aromatic nitrogens is 2. The molecule has 2 heterocycles. The molecule has 0 fully saturated rings. The van der Waals surface area contributed by atoms with Crippen molar-refractivity contribution in [2.75, 3.05) is 31.4 Å². The molecule has 0 saturated heterocycles. The molecule has 0 radical (unpaired) electrons. The van der Waals surface area contributed by atoms with Crippen LogP contribution in [0.2, 0.25) is 0 Å². The van der Waals surface area contributed by atoms with Gasteiger partial charge in [0.15, 0.2) is 17.4 Å². The highest BCUT2D eigenvalue weighted by atomic mass is 32.1. The molecule has 37 heavy (non-hydrogen) atoms. The second-order valence-corrected chi connectivity index (χ2v) is 9.22. The van der Waals surface area contributed by atoms with Gasteiger partial charge in [0.05, 0.1) is 12.8 Å².